The van der Waals surface area contributed by atoms with E-state index in [1.807, 2.05) is 6.92 Å². The lowest BCUT2D eigenvalue weighted by Gasteiger charge is -2.09. The van der Waals surface area contributed by atoms with E-state index in [0.29, 0.717) is 5.69 Å². The number of nitrogens with zero attached hydrogens (tertiary/aromatic N) is 3. The molecule has 2 heterocycles. The third kappa shape index (κ3) is 3.12. The van der Waals surface area contributed by atoms with E-state index in [1.165, 1.54) is 7.05 Å². The first-order valence-electron chi connectivity index (χ1n) is 5.65. The van der Waals surface area contributed by atoms with Crippen LogP contribution in [0.5, 0.6) is 0 Å². The molecule has 0 saturated heterocycles. The number of nitrogens with one attached hydrogen (secondary N) is 2. The fourth-order valence-corrected chi connectivity index (χ4v) is 1.45. The van der Waals surface area contributed by atoms with Gasteiger partial charge in [-0.15, -0.1) is 0 Å². The summed E-state index contributed by atoms with van der Waals surface area (Å²) in [6, 6.07) is 0.780. The molecule has 0 aliphatic rings. The molecule has 5 nitrogen and oxygen atoms in total. The Labute approximate surface area is 109 Å². The van der Waals surface area contributed by atoms with Crippen molar-refractivity contribution in [2.24, 2.45) is 0 Å². The molecule has 0 bridgehead atoms. The summed E-state index contributed by atoms with van der Waals surface area (Å²) in [5, 5.41) is 5.30. The van der Waals surface area contributed by atoms with Gasteiger partial charge < -0.3 is 10.6 Å². The number of hydrogen-bond donors (Lipinski definition) is 2. The highest BCUT2D eigenvalue weighted by molar-refractivity contribution is 5.47. The highest BCUT2D eigenvalue weighted by Gasteiger charge is 2.10. The van der Waals surface area contributed by atoms with Crippen LogP contribution in [0.3, 0.4) is 0 Å². The quantitative estimate of drug-likeness (QED) is 0.886. The van der Waals surface area contributed by atoms with Crippen molar-refractivity contribution < 1.29 is 8.78 Å². The number of rotatable bonds is 4. The topological polar surface area (TPSA) is 62.7 Å². The van der Waals surface area contributed by atoms with E-state index in [1.54, 1.807) is 12.4 Å². The molecule has 100 valence electrons. The molecule has 2 aromatic heterocycles. The standard InChI is InChI=1S/C12H13F2N5/c1-7-4-17-8(5-16-7)6-18-12-10(14)3-9(13)11(15-2)19-12/h3-5H,6H2,1-2H3,(H2,15,18,19). The molecule has 0 aromatic carbocycles. The second-order valence-electron chi connectivity index (χ2n) is 3.90. The Balaban J connectivity index is 2.13. The van der Waals surface area contributed by atoms with E-state index in [2.05, 4.69) is 25.6 Å². The van der Waals surface area contributed by atoms with E-state index in [9.17, 15) is 8.78 Å². The van der Waals surface area contributed by atoms with E-state index in [4.69, 9.17) is 0 Å². The van der Waals surface area contributed by atoms with Crippen LogP contribution in [-0.2, 0) is 6.54 Å². The van der Waals surface area contributed by atoms with Gasteiger partial charge in [0.1, 0.15) is 0 Å². The normalized spacial score (nSPS) is 10.3. The van der Waals surface area contributed by atoms with Crippen LogP contribution in [0, 0.1) is 18.6 Å². The minimum absolute atomic E-state index is 0.0149. The number of aromatic nitrogens is 3. The fraction of sp³-hybridized carbons (Fsp3) is 0.250. The molecule has 0 amide bonds. The first-order valence-corrected chi connectivity index (χ1v) is 5.65. The molecule has 0 unspecified atom stereocenters. The maximum atomic E-state index is 13.5. The SMILES string of the molecule is CNc1nc(NCc2cnc(C)cn2)c(F)cc1F. The highest BCUT2D eigenvalue weighted by Crippen LogP contribution is 2.18. The van der Waals surface area contributed by atoms with Crippen molar-refractivity contribution in [3.63, 3.8) is 0 Å². The van der Waals surface area contributed by atoms with E-state index in [0.717, 1.165) is 11.8 Å². The predicted octanol–water partition coefficient (Wildman–Crippen LogP) is 2.11. The van der Waals surface area contributed by atoms with Gasteiger partial charge in [0, 0.05) is 19.3 Å². The molecule has 0 fully saturated rings. The molecule has 2 N–H and O–H groups in total. The van der Waals surface area contributed by atoms with Crippen molar-refractivity contribution in [2.75, 3.05) is 17.7 Å². The maximum absolute atomic E-state index is 13.5. The van der Waals surface area contributed by atoms with Crippen molar-refractivity contribution in [3.8, 4) is 0 Å². The molecule has 0 spiro atoms. The second kappa shape index (κ2) is 5.55. The number of aryl methyl sites for hydroxylation is 1. The van der Waals surface area contributed by atoms with Gasteiger partial charge in [-0.3, -0.25) is 9.97 Å². The largest absolute Gasteiger partial charge is 0.371 e. The summed E-state index contributed by atoms with van der Waals surface area (Å²) in [5.74, 6) is -1.54. The van der Waals surface area contributed by atoms with Gasteiger partial charge in [-0.05, 0) is 6.92 Å². The van der Waals surface area contributed by atoms with Crippen LogP contribution in [0.2, 0.25) is 0 Å². The maximum Gasteiger partial charge on any atom is 0.168 e. The van der Waals surface area contributed by atoms with Gasteiger partial charge in [-0.2, -0.15) is 0 Å². The Bertz CT molecular complexity index is 571. The van der Waals surface area contributed by atoms with Crippen LogP contribution >= 0.6 is 0 Å². The highest BCUT2D eigenvalue weighted by atomic mass is 19.1. The van der Waals surface area contributed by atoms with Gasteiger partial charge >= 0.3 is 0 Å². The smallest absolute Gasteiger partial charge is 0.168 e. The number of anilines is 2. The van der Waals surface area contributed by atoms with E-state index >= 15 is 0 Å². The molecular formula is C12H13F2N5. The summed E-state index contributed by atoms with van der Waals surface area (Å²) in [5.41, 5.74) is 1.44. The summed E-state index contributed by atoms with van der Waals surface area (Å²) >= 11 is 0. The fourth-order valence-electron chi connectivity index (χ4n) is 1.45. The lowest BCUT2D eigenvalue weighted by atomic mass is 10.3. The number of pyridine rings is 1. The molecule has 2 aromatic rings. The van der Waals surface area contributed by atoms with Crippen molar-refractivity contribution in [1.29, 1.82) is 0 Å². The average molecular weight is 265 g/mol. The summed E-state index contributed by atoms with van der Waals surface area (Å²) < 4.78 is 26.7. The van der Waals surface area contributed by atoms with Gasteiger partial charge in [-0.25, -0.2) is 13.8 Å². The van der Waals surface area contributed by atoms with Gasteiger partial charge in [0.2, 0.25) is 0 Å². The molecule has 0 aliphatic heterocycles. The molecule has 0 saturated carbocycles. The molecule has 0 aliphatic carbocycles. The Morgan fingerprint density at radius 2 is 1.84 bits per heavy atom. The number of halogens is 2. The summed E-state index contributed by atoms with van der Waals surface area (Å²) in [4.78, 5) is 12.0. The zero-order chi connectivity index (χ0) is 13.8. The van der Waals surface area contributed by atoms with E-state index in [-0.39, 0.29) is 18.2 Å². The van der Waals surface area contributed by atoms with Crippen molar-refractivity contribution in [3.05, 3.63) is 41.5 Å². The Hall–Kier alpha value is -2.31. The first-order chi connectivity index (χ1) is 9.10. The monoisotopic (exact) mass is 265 g/mol. The number of hydrogen-bond acceptors (Lipinski definition) is 5. The lowest BCUT2D eigenvalue weighted by molar-refractivity contribution is 0.578. The lowest BCUT2D eigenvalue weighted by Crippen LogP contribution is -2.08. The van der Waals surface area contributed by atoms with Gasteiger partial charge in [0.25, 0.3) is 0 Å². The zero-order valence-corrected chi connectivity index (χ0v) is 10.5. The molecular weight excluding hydrogens is 252 g/mol. The van der Waals surface area contributed by atoms with Crippen LogP contribution in [0.25, 0.3) is 0 Å². The zero-order valence-electron chi connectivity index (χ0n) is 10.5. The molecule has 19 heavy (non-hydrogen) atoms. The van der Waals surface area contributed by atoms with Crippen LogP contribution in [0.4, 0.5) is 20.4 Å². The van der Waals surface area contributed by atoms with Crippen LogP contribution < -0.4 is 10.6 Å². The first kappa shape index (κ1) is 13.1. The Morgan fingerprint density at radius 3 is 2.47 bits per heavy atom. The third-order valence-electron chi connectivity index (χ3n) is 2.44. The minimum Gasteiger partial charge on any atom is -0.371 e. The molecule has 7 heteroatoms. The van der Waals surface area contributed by atoms with Crippen LogP contribution in [-0.4, -0.2) is 22.0 Å². The Morgan fingerprint density at radius 1 is 1.11 bits per heavy atom. The Kier molecular flexibility index (Phi) is 3.84. The second-order valence-corrected chi connectivity index (χ2v) is 3.90. The molecule has 0 radical (unpaired) electrons. The third-order valence-corrected chi connectivity index (χ3v) is 2.44. The van der Waals surface area contributed by atoms with Crippen molar-refractivity contribution in [2.45, 2.75) is 13.5 Å². The van der Waals surface area contributed by atoms with E-state index < -0.39 is 11.6 Å². The van der Waals surface area contributed by atoms with Crippen molar-refractivity contribution in [1.82, 2.24) is 15.0 Å². The molecule has 0 atom stereocenters. The van der Waals surface area contributed by atoms with Crippen LogP contribution in [0.1, 0.15) is 11.4 Å². The van der Waals surface area contributed by atoms with Gasteiger partial charge in [-0.1, -0.05) is 0 Å². The van der Waals surface area contributed by atoms with Gasteiger partial charge in [0.05, 0.1) is 24.1 Å². The summed E-state index contributed by atoms with van der Waals surface area (Å²) in [6.45, 7) is 2.08. The van der Waals surface area contributed by atoms with Crippen LogP contribution in [0.15, 0.2) is 18.5 Å². The van der Waals surface area contributed by atoms with Gasteiger partial charge in [0.15, 0.2) is 23.3 Å². The average Bonchev–Trinajstić information content (AvgIpc) is 2.40. The van der Waals surface area contributed by atoms with Crippen molar-refractivity contribution >= 4 is 11.6 Å². The molecule has 2 rings (SSSR count). The summed E-state index contributed by atoms with van der Waals surface area (Å²) in [6.07, 6.45) is 3.20. The predicted molar refractivity (Wildman–Crippen MR) is 67.8 cm³/mol. The minimum atomic E-state index is -0.753. The summed E-state index contributed by atoms with van der Waals surface area (Å²) in [7, 11) is 1.51.